The number of imidazole rings is 1. The number of nitrogens with one attached hydrogen (secondary N) is 1. The lowest BCUT2D eigenvalue weighted by Crippen LogP contribution is -1.84. The van der Waals surface area contributed by atoms with Gasteiger partial charge in [-0.05, 0) is 18.2 Å². The molecule has 0 radical (unpaired) electrons. The standard InChI is InChI=1S/C10H6BrFN2O/c11-7-1-6(2-8(12)3-7)10-13-4-9(5-15)14-10/h1-5H,(H,13,14). The maximum atomic E-state index is 13.1. The number of hydrogen-bond acceptors (Lipinski definition) is 2. The molecule has 0 bridgehead atoms. The summed E-state index contributed by atoms with van der Waals surface area (Å²) >= 11 is 3.18. The molecule has 0 aliphatic rings. The highest BCUT2D eigenvalue weighted by Crippen LogP contribution is 2.22. The molecular weight excluding hydrogens is 263 g/mol. The van der Waals surface area contributed by atoms with Crippen molar-refractivity contribution in [3.63, 3.8) is 0 Å². The number of H-pyrrole nitrogens is 1. The average molecular weight is 269 g/mol. The Labute approximate surface area is 93.5 Å². The number of aldehydes is 1. The molecule has 0 amide bonds. The van der Waals surface area contributed by atoms with Gasteiger partial charge >= 0.3 is 0 Å². The minimum absolute atomic E-state index is 0.358. The summed E-state index contributed by atoms with van der Waals surface area (Å²) in [6, 6.07) is 4.42. The number of aromatic amines is 1. The van der Waals surface area contributed by atoms with E-state index in [0.29, 0.717) is 27.8 Å². The van der Waals surface area contributed by atoms with Gasteiger partial charge in [0.05, 0.1) is 11.9 Å². The third kappa shape index (κ3) is 2.12. The first-order valence-corrected chi connectivity index (χ1v) is 4.95. The normalized spacial score (nSPS) is 10.3. The second-order valence-electron chi connectivity index (χ2n) is 2.96. The van der Waals surface area contributed by atoms with Crippen LogP contribution in [-0.4, -0.2) is 16.3 Å². The van der Waals surface area contributed by atoms with Crippen molar-refractivity contribution in [3.8, 4) is 11.4 Å². The molecule has 0 atom stereocenters. The Morgan fingerprint density at radius 1 is 1.40 bits per heavy atom. The van der Waals surface area contributed by atoms with Crippen LogP contribution in [0.15, 0.2) is 28.9 Å². The molecule has 2 rings (SSSR count). The molecule has 0 spiro atoms. The maximum Gasteiger partial charge on any atom is 0.167 e. The number of hydrogen-bond donors (Lipinski definition) is 1. The topological polar surface area (TPSA) is 45.8 Å². The molecule has 0 fully saturated rings. The molecular formula is C10H6BrFN2O. The lowest BCUT2D eigenvalue weighted by Gasteiger charge is -1.98. The number of carbonyl (C=O) groups excluding carboxylic acids is 1. The minimum Gasteiger partial charge on any atom is -0.336 e. The van der Waals surface area contributed by atoms with E-state index in [2.05, 4.69) is 25.9 Å². The zero-order chi connectivity index (χ0) is 10.8. The fourth-order valence-corrected chi connectivity index (χ4v) is 1.70. The van der Waals surface area contributed by atoms with E-state index >= 15 is 0 Å². The monoisotopic (exact) mass is 268 g/mol. The molecule has 0 saturated carbocycles. The maximum absolute atomic E-state index is 13.1. The first-order chi connectivity index (χ1) is 7.19. The van der Waals surface area contributed by atoms with Crippen molar-refractivity contribution in [2.75, 3.05) is 0 Å². The van der Waals surface area contributed by atoms with Crippen molar-refractivity contribution in [1.29, 1.82) is 0 Å². The highest BCUT2D eigenvalue weighted by Gasteiger charge is 2.05. The van der Waals surface area contributed by atoms with Crippen molar-refractivity contribution in [2.24, 2.45) is 0 Å². The summed E-state index contributed by atoms with van der Waals surface area (Å²) in [4.78, 5) is 17.2. The smallest absolute Gasteiger partial charge is 0.167 e. The summed E-state index contributed by atoms with van der Waals surface area (Å²) < 4.78 is 13.7. The van der Waals surface area contributed by atoms with Gasteiger partial charge in [-0.25, -0.2) is 9.37 Å². The highest BCUT2D eigenvalue weighted by atomic mass is 79.9. The van der Waals surface area contributed by atoms with Crippen molar-refractivity contribution in [1.82, 2.24) is 9.97 Å². The number of nitrogens with zero attached hydrogens (tertiary/aromatic N) is 1. The quantitative estimate of drug-likeness (QED) is 0.852. The predicted molar refractivity (Wildman–Crippen MR) is 57.1 cm³/mol. The molecule has 0 aliphatic carbocycles. The molecule has 3 nitrogen and oxygen atoms in total. The SMILES string of the molecule is O=Cc1cnc(-c2cc(F)cc(Br)c2)[nH]1. The molecule has 5 heteroatoms. The highest BCUT2D eigenvalue weighted by molar-refractivity contribution is 9.10. The van der Waals surface area contributed by atoms with Gasteiger partial charge in [0.25, 0.3) is 0 Å². The second-order valence-corrected chi connectivity index (χ2v) is 3.88. The first kappa shape index (κ1) is 10.0. The molecule has 1 N–H and O–H groups in total. The van der Waals surface area contributed by atoms with Gasteiger partial charge in [-0.1, -0.05) is 15.9 Å². The van der Waals surface area contributed by atoms with Crippen LogP contribution in [0.2, 0.25) is 0 Å². The molecule has 1 aromatic carbocycles. The summed E-state index contributed by atoms with van der Waals surface area (Å²) in [5.41, 5.74) is 0.959. The summed E-state index contributed by atoms with van der Waals surface area (Å²) in [6.07, 6.45) is 2.06. The minimum atomic E-state index is -0.358. The number of halogens is 2. The molecule has 2 aromatic rings. The summed E-state index contributed by atoms with van der Waals surface area (Å²) in [5, 5.41) is 0. The summed E-state index contributed by atoms with van der Waals surface area (Å²) in [7, 11) is 0. The average Bonchev–Trinajstić information content (AvgIpc) is 2.64. The van der Waals surface area contributed by atoms with Crippen LogP contribution in [0.5, 0.6) is 0 Å². The van der Waals surface area contributed by atoms with Gasteiger partial charge in [0.1, 0.15) is 11.6 Å². The van der Waals surface area contributed by atoms with Gasteiger partial charge in [0.15, 0.2) is 6.29 Å². The van der Waals surface area contributed by atoms with E-state index in [0.717, 1.165) is 0 Å². The predicted octanol–water partition coefficient (Wildman–Crippen LogP) is 2.79. The first-order valence-electron chi connectivity index (χ1n) is 4.15. The van der Waals surface area contributed by atoms with Gasteiger partial charge in [-0.2, -0.15) is 0 Å². The van der Waals surface area contributed by atoms with Gasteiger partial charge in [-0.3, -0.25) is 4.79 Å². The third-order valence-corrected chi connectivity index (χ3v) is 2.32. The Hall–Kier alpha value is -1.49. The zero-order valence-electron chi connectivity index (χ0n) is 7.50. The van der Waals surface area contributed by atoms with Crippen LogP contribution in [0.4, 0.5) is 4.39 Å². The summed E-state index contributed by atoms with van der Waals surface area (Å²) in [5.74, 6) is 0.112. The van der Waals surface area contributed by atoms with Crippen molar-refractivity contribution < 1.29 is 9.18 Å². The number of rotatable bonds is 2. The number of benzene rings is 1. The fraction of sp³-hybridized carbons (Fsp3) is 0. The molecule has 0 unspecified atom stereocenters. The summed E-state index contributed by atoms with van der Waals surface area (Å²) in [6.45, 7) is 0. The van der Waals surface area contributed by atoms with E-state index in [1.165, 1.54) is 18.3 Å². The van der Waals surface area contributed by atoms with Crippen molar-refractivity contribution in [3.05, 3.63) is 40.4 Å². The Kier molecular flexibility index (Phi) is 2.64. The molecule has 15 heavy (non-hydrogen) atoms. The Morgan fingerprint density at radius 2 is 2.20 bits per heavy atom. The number of carbonyl (C=O) groups is 1. The van der Waals surface area contributed by atoms with E-state index in [-0.39, 0.29) is 5.82 Å². The van der Waals surface area contributed by atoms with Crippen LogP contribution < -0.4 is 0 Å². The Bertz CT molecular complexity index is 490. The van der Waals surface area contributed by atoms with Crippen LogP contribution in [0.3, 0.4) is 0 Å². The van der Waals surface area contributed by atoms with Crippen molar-refractivity contribution >= 4 is 22.2 Å². The van der Waals surface area contributed by atoms with Gasteiger partial charge in [0, 0.05) is 10.0 Å². The van der Waals surface area contributed by atoms with E-state index in [1.54, 1.807) is 6.07 Å². The number of aromatic nitrogens is 2. The van der Waals surface area contributed by atoms with Crippen LogP contribution >= 0.6 is 15.9 Å². The lowest BCUT2D eigenvalue weighted by molar-refractivity contribution is 0.111. The lowest BCUT2D eigenvalue weighted by atomic mass is 10.2. The zero-order valence-corrected chi connectivity index (χ0v) is 9.08. The van der Waals surface area contributed by atoms with Crippen LogP contribution in [0.25, 0.3) is 11.4 Å². The van der Waals surface area contributed by atoms with E-state index in [4.69, 9.17) is 0 Å². The largest absolute Gasteiger partial charge is 0.336 e. The molecule has 1 heterocycles. The molecule has 0 aliphatic heterocycles. The molecule has 1 aromatic heterocycles. The van der Waals surface area contributed by atoms with E-state index in [9.17, 15) is 9.18 Å². The van der Waals surface area contributed by atoms with Crippen LogP contribution in [0, 0.1) is 5.82 Å². The van der Waals surface area contributed by atoms with Crippen LogP contribution in [-0.2, 0) is 0 Å². The van der Waals surface area contributed by atoms with Crippen molar-refractivity contribution in [2.45, 2.75) is 0 Å². The molecule has 76 valence electrons. The van der Waals surface area contributed by atoms with Gasteiger partial charge in [-0.15, -0.1) is 0 Å². The Morgan fingerprint density at radius 3 is 2.80 bits per heavy atom. The molecule has 0 saturated heterocycles. The second kappa shape index (κ2) is 3.94. The van der Waals surface area contributed by atoms with Gasteiger partial charge in [0.2, 0.25) is 0 Å². The fourth-order valence-electron chi connectivity index (χ4n) is 1.23. The van der Waals surface area contributed by atoms with E-state index < -0.39 is 0 Å². The van der Waals surface area contributed by atoms with Crippen LogP contribution in [0.1, 0.15) is 10.5 Å². The van der Waals surface area contributed by atoms with Gasteiger partial charge < -0.3 is 4.98 Å². The Balaban J connectivity index is 2.48. The van der Waals surface area contributed by atoms with E-state index in [1.807, 2.05) is 0 Å². The third-order valence-electron chi connectivity index (χ3n) is 1.86.